The molecular weight excluding hydrogens is 395 g/mol. The predicted molar refractivity (Wildman–Crippen MR) is 105 cm³/mol. The van der Waals surface area contributed by atoms with Crippen molar-refractivity contribution in [2.24, 2.45) is 0 Å². The third-order valence-corrected chi connectivity index (χ3v) is 7.43. The first-order chi connectivity index (χ1) is 12.6. The molecule has 6 nitrogen and oxygen atoms in total. The van der Waals surface area contributed by atoms with Crippen molar-refractivity contribution in [3.8, 4) is 11.3 Å². The molecule has 0 N–H and O–H groups in total. The van der Waals surface area contributed by atoms with Crippen LogP contribution in [-0.2, 0) is 6.54 Å². The third kappa shape index (κ3) is 2.72. The van der Waals surface area contributed by atoms with Gasteiger partial charge in [0.25, 0.3) is 0 Å². The van der Waals surface area contributed by atoms with E-state index in [9.17, 15) is 10.1 Å². The van der Waals surface area contributed by atoms with Gasteiger partial charge in [0, 0.05) is 0 Å². The second kappa shape index (κ2) is 6.83. The SMILES string of the molecule is CCN(CC)CCn1nc2c3c(c([N+](=O)[O-])ccc31)[Se]c1ccccc1-2. The van der Waals surface area contributed by atoms with Crippen LogP contribution in [0.3, 0.4) is 0 Å². The molecule has 2 aromatic carbocycles. The number of likely N-dealkylation sites (N-methyl/N-ethyl adjacent to an activating group) is 1. The summed E-state index contributed by atoms with van der Waals surface area (Å²) >= 11 is -0.0851. The van der Waals surface area contributed by atoms with Crippen molar-refractivity contribution in [3.05, 3.63) is 46.5 Å². The first-order valence-electron chi connectivity index (χ1n) is 8.81. The summed E-state index contributed by atoms with van der Waals surface area (Å²) in [5.41, 5.74) is 3.23. The van der Waals surface area contributed by atoms with Crippen molar-refractivity contribution in [2.45, 2.75) is 20.4 Å². The topological polar surface area (TPSA) is 64.2 Å². The molecule has 0 spiro atoms. The van der Waals surface area contributed by atoms with Crippen LogP contribution in [0.25, 0.3) is 22.2 Å². The molecule has 0 atom stereocenters. The Morgan fingerprint density at radius 2 is 1.96 bits per heavy atom. The molecule has 4 rings (SSSR count). The van der Waals surface area contributed by atoms with Crippen molar-refractivity contribution >= 4 is 40.5 Å². The zero-order valence-corrected chi connectivity index (χ0v) is 16.5. The van der Waals surface area contributed by atoms with E-state index in [4.69, 9.17) is 5.10 Å². The molecule has 2 heterocycles. The Hall–Kier alpha value is -2.21. The summed E-state index contributed by atoms with van der Waals surface area (Å²) in [6.07, 6.45) is 0. The maximum atomic E-state index is 11.6. The molecule has 0 saturated heterocycles. The van der Waals surface area contributed by atoms with Gasteiger partial charge in [0.05, 0.1) is 0 Å². The summed E-state index contributed by atoms with van der Waals surface area (Å²) in [6, 6.07) is 11.7. The number of fused-ring (bicyclic) bond motifs is 2. The van der Waals surface area contributed by atoms with Gasteiger partial charge in [-0.2, -0.15) is 0 Å². The Morgan fingerprint density at radius 1 is 1.19 bits per heavy atom. The number of hydrogen-bond donors (Lipinski definition) is 0. The number of rotatable bonds is 6. The number of nitro benzene ring substituents is 1. The summed E-state index contributed by atoms with van der Waals surface area (Å²) < 4.78 is 4.04. The summed E-state index contributed by atoms with van der Waals surface area (Å²) in [5, 5.41) is 17.4. The van der Waals surface area contributed by atoms with Crippen LogP contribution < -0.4 is 8.92 Å². The predicted octanol–water partition coefficient (Wildman–Crippen LogP) is 1.92. The number of benzene rings is 2. The fraction of sp³-hybridized carbons (Fsp3) is 0.316. The van der Waals surface area contributed by atoms with Crippen molar-refractivity contribution < 1.29 is 4.92 Å². The monoisotopic (exact) mass is 416 g/mol. The Kier molecular flexibility index (Phi) is 4.53. The fourth-order valence-electron chi connectivity index (χ4n) is 3.47. The van der Waals surface area contributed by atoms with Crippen molar-refractivity contribution in [1.29, 1.82) is 0 Å². The number of nitro groups is 1. The van der Waals surface area contributed by atoms with Crippen LogP contribution in [0.1, 0.15) is 13.8 Å². The van der Waals surface area contributed by atoms with Crippen LogP contribution in [0.5, 0.6) is 0 Å². The minimum absolute atomic E-state index is 0.0851. The van der Waals surface area contributed by atoms with E-state index in [-0.39, 0.29) is 25.6 Å². The molecule has 0 radical (unpaired) electrons. The summed E-state index contributed by atoms with van der Waals surface area (Å²) in [6.45, 7) is 8.03. The molecule has 1 aromatic heterocycles. The molecule has 0 aliphatic carbocycles. The molecule has 0 fully saturated rings. The van der Waals surface area contributed by atoms with Crippen LogP contribution >= 0.6 is 0 Å². The zero-order valence-electron chi connectivity index (χ0n) is 14.8. The van der Waals surface area contributed by atoms with E-state index in [2.05, 4.69) is 30.9 Å². The quantitative estimate of drug-likeness (QED) is 0.274. The Bertz CT molecular complexity index is 995. The van der Waals surface area contributed by atoms with Crippen LogP contribution in [0, 0.1) is 10.1 Å². The van der Waals surface area contributed by atoms with Crippen LogP contribution in [0.15, 0.2) is 36.4 Å². The molecule has 0 unspecified atom stereocenters. The normalized spacial score (nSPS) is 12.6. The van der Waals surface area contributed by atoms with Gasteiger partial charge in [-0.25, -0.2) is 0 Å². The van der Waals surface area contributed by atoms with E-state index in [1.54, 1.807) is 6.07 Å². The molecule has 0 bridgehead atoms. The Balaban J connectivity index is 1.88. The molecule has 0 saturated carbocycles. The van der Waals surface area contributed by atoms with Crippen LogP contribution in [0.2, 0.25) is 0 Å². The van der Waals surface area contributed by atoms with Gasteiger partial charge < -0.3 is 0 Å². The number of hydrogen-bond acceptors (Lipinski definition) is 4. The van der Waals surface area contributed by atoms with E-state index < -0.39 is 0 Å². The number of aromatic nitrogens is 2. The second-order valence-electron chi connectivity index (χ2n) is 6.26. The molecule has 26 heavy (non-hydrogen) atoms. The molecule has 3 aromatic rings. The second-order valence-corrected chi connectivity index (χ2v) is 8.47. The van der Waals surface area contributed by atoms with Gasteiger partial charge in [-0.1, -0.05) is 0 Å². The molecule has 1 aliphatic heterocycles. The van der Waals surface area contributed by atoms with Crippen LogP contribution in [0.4, 0.5) is 5.69 Å². The summed E-state index contributed by atoms with van der Waals surface area (Å²) in [4.78, 5) is 13.6. The molecule has 1 aliphatic rings. The van der Waals surface area contributed by atoms with Crippen molar-refractivity contribution in [2.75, 3.05) is 19.6 Å². The van der Waals surface area contributed by atoms with Gasteiger partial charge in [-0.15, -0.1) is 0 Å². The van der Waals surface area contributed by atoms with E-state index >= 15 is 0 Å². The van der Waals surface area contributed by atoms with Gasteiger partial charge in [-0.3, -0.25) is 0 Å². The van der Waals surface area contributed by atoms with E-state index in [1.165, 1.54) is 0 Å². The fourth-order valence-corrected chi connectivity index (χ4v) is 5.97. The Morgan fingerprint density at radius 3 is 2.69 bits per heavy atom. The van der Waals surface area contributed by atoms with Gasteiger partial charge in [0.2, 0.25) is 0 Å². The number of nitrogens with zero attached hydrogens (tertiary/aromatic N) is 4. The summed E-state index contributed by atoms with van der Waals surface area (Å²) in [7, 11) is 0. The van der Waals surface area contributed by atoms with E-state index in [1.807, 2.05) is 22.9 Å². The molecule has 0 amide bonds. The zero-order chi connectivity index (χ0) is 18.3. The first kappa shape index (κ1) is 17.2. The third-order valence-electron chi connectivity index (χ3n) is 4.92. The first-order valence-corrected chi connectivity index (χ1v) is 10.5. The van der Waals surface area contributed by atoms with Gasteiger partial charge in [0.1, 0.15) is 0 Å². The van der Waals surface area contributed by atoms with Crippen molar-refractivity contribution in [3.63, 3.8) is 0 Å². The van der Waals surface area contributed by atoms with Crippen molar-refractivity contribution in [1.82, 2.24) is 14.7 Å². The van der Waals surface area contributed by atoms with Gasteiger partial charge in [-0.05, 0) is 0 Å². The summed E-state index contributed by atoms with van der Waals surface area (Å²) in [5.74, 6) is 0. The molecular formula is C19H20N4O2Se. The standard InChI is InChI=1S/C19H20N4O2Se/c1-3-21(4-2)11-12-22-14-9-10-15(23(24)25)19-17(14)18(20-22)13-7-5-6-8-16(13)26-19/h5-10H,3-4,11-12H2,1-2H3. The maximum absolute atomic E-state index is 11.6. The molecule has 134 valence electrons. The Labute approximate surface area is 158 Å². The van der Waals surface area contributed by atoms with Crippen LogP contribution in [-0.4, -0.2) is 54.2 Å². The average Bonchev–Trinajstić information content (AvgIpc) is 3.03. The minimum atomic E-state index is -0.262. The van der Waals surface area contributed by atoms with Gasteiger partial charge in [0.15, 0.2) is 0 Å². The van der Waals surface area contributed by atoms with E-state index in [0.29, 0.717) is 0 Å². The molecule has 7 heteroatoms. The average molecular weight is 415 g/mol. The van der Waals surface area contributed by atoms with E-state index in [0.717, 1.165) is 57.3 Å². The van der Waals surface area contributed by atoms with Gasteiger partial charge >= 0.3 is 158 Å².